The van der Waals surface area contributed by atoms with E-state index in [-0.39, 0.29) is 22.3 Å². The van der Waals surface area contributed by atoms with Crippen molar-refractivity contribution in [3.05, 3.63) is 237 Å². The third kappa shape index (κ3) is 8.68. The molecule has 0 bridgehead atoms. The number of benzene rings is 10. The number of aromatic nitrogens is 2. The van der Waals surface area contributed by atoms with Gasteiger partial charge in [0.15, 0.2) is 0 Å². The summed E-state index contributed by atoms with van der Waals surface area (Å²) in [5, 5.41) is 25.7. The Morgan fingerprint density at radius 2 is 0.628 bits per heavy atom. The number of hydrogen-bond donors (Lipinski definition) is 0. The molecule has 4 nitrogen and oxygen atoms in total. The van der Waals surface area contributed by atoms with Crippen molar-refractivity contribution < 1.29 is 13.2 Å². The van der Waals surface area contributed by atoms with Crippen molar-refractivity contribution in [2.45, 2.75) is 61.6 Å². The molecular weight excluding hydrogens is 966 g/mol. The van der Waals surface area contributed by atoms with Crippen molar-refractivity contribution in [3.63, 3.8) is 0 Å². The highest BCUT2D eigenvalue weighted by atomic mass is 19.4. The fourth-order valence-electron chi connectivity index (χ4n) is 12.2. The van der Waals surface area contributed by atoms with E-state index in [9.17, 15) is 10.5 Å². The highest BCUT2D eigenvalue weighted by Crippen LogP contribution is 2.46. The maximum absolute atomic E-state index is 15.7. The molecule has 2 heterocycles. The summed E-state index contributed by atoms with van der Waals surface area (Å²) < 4.78 is 51.1. The molecule has 2 aromatic heterocycles. The van der Waals surface area contributed by atoms with Crippen molar-refractivity contribution in [3.8, 4) is 79.1 Å². The van der Waals surface area contributed by atoms with E-state index in [1.165, 1.54) is 12.1 Å². The minimum Gasteiger partial charge on any atom is -0.308 e. The van der Waals surface area contributed by atoms with E-state index in [1.54, 1.807) is 12.1 Å². The molecule has 378 valence electrons. The molecule has 0 aliphatic carbocycles. The largest absolute Gasteiger partial charge is 0.417 e. The number of alkyl halides is 3. The van der Waals surface area contributed by atoms with Gasteiger partial charge >= 0.3 is 6.18 Å². The number of nitriles is 2. The standard InChI is InChI=1S/C71H53F3N4/c1-40-19-41(2)24-53(23-40)49-10-15-59-60-16-11-50(54-25-42(3)20-43(4)26-54)33-66(60)77(65(59)32-49)69-36-57(58-14-9-48(38-75)31-64(58)71(72,73)74)37-70(63(69)39-76)78-67-34-51(55-27-44(5)21-45(6)28-55)12-17-61(67)62-18-13-52(35-68(62)78)56-29-46(7)22-47(8)30-56/h9-37H,1-8H3. The first kappa shape index (κ1) is 49.4. The molecule has 0 spiro atoms. The number of halogens is 3. The summed E-state index contributed by atoms with van der Waals surface area (Å²) in [7, 11) is 0. The molecule has 0 saturated carbocycles. The average molecular weight is 1020 g/mol. The zero-order valence-corrected chi connectivity index (χ0v) is 44.7. The van der Waals surface area contributed by atoms with Gasteiger partial charge < -0.3 is 9.13 Å². The van der Waals surface area contributed by atoms with E-state index in [1.807, 2.05) is 6.07 Å². The number of rotatable bonds is 7. The molecule has 0 amide bonds. The van der Waals surface area contributed by atoms with Crippen LogP contribution in [0.1, 0.15) is 61.2 Å². The van der Waals surface area contributed by atoms with Crippen LogP contribution in [0.3, 0.4) is 0 Å². The zero-order chi connectivity index (χ0) is 54.5. The molecule has 0 unspecified atom stereocenters. The average Bonchev–Trinajstić information content (AvgIpc) is 4.15. The molecule has 12 aromatic rings. The minimum atomic E-state index is -4.83. The summed E-state index contributed by atoms with van der Waals surface area (Å²) in [5.74, 6) is 0. The van der Waals surface area contributed by atoms with E-state index < -0.39 is 11.7 Å². The van der Waals surface area contributed by atoms with E-state index in [4.69, 9.17) is 0 Å². The van der Waals surface area contributed by atoms with Crippen LogP contribution in [0, 0.1) is 78.1 Å². The molecule has 0 saturated heterocycles. The van der Waals surface area contributed by atoms with E-state index in [0.29, 0.717) is 11.4 Å². The van der Waals surface area contributed by atoms with E-state index in [2.05, 4.69) is 216 Å². The van der Waals surface area contributed by atoms with Crippen LogP contribution < -0.4 is 0 Å². The highest BCUT2D eigenvalue weighted by molar-refractivity contribution is 6.13. The lowest BCUT2D eigenvalue weighted by Gasteiger charge is -2.21. The molecule has 0 radical (unpaired) electrons. The Labute approximate surface area is 452 Å². The van der Waals surface area contributed by atoms with Gasteiger partial charge in [-0.25, -0.2) is 0 Å². The van der Waals surface area contributed by atoms with Gasteiger partial charge in [0.25, 0.3) is 0 Å². The minimum absolute atomic E-state index is 0.111. The van der Waals surface area contributed by atoms with Crippen LogP contribution in [0.5, 0.6) is 0 Å². The molecule has 78 heavy (non-hydrogen) atoms. The van der Waals surface area contributed by atoms with Crippen LogP contribution in [-0.4, -0.2) is 9.13 Å². The summed E-state index contributed by atoms with van der Waals surface area (Å²) in [4.78, 5) is 0. The van der Waals surface area contributed by atoms with Gasteiger partial charge in [0.2, 0.25) is 0 Å². The monoisotopic (exact) mass is 1020 g/mol. The SMILES string of the molecule is Cc1cc(C)cc(-c2ccc3c4ccc(-c5cc(C)cc(C)c5)cc4n(-c4cc(-c5ccc(C#N)cc5C(F)(F)F)cc(-n5c6cc(-c7cc(C)cc(C)c7)ccc6c6ccc(-c7cc(C)cc(C)c7)cc65)c4C#N)c3c2)c1. The molecule has 7 heteroatoms. The van der Waals surface area contributed by atoms with Crippen molar-refractivity contribution in [2.75, 3.05) is 0 Å². The number of nitrogens with zero attached hydrogens (tertiary/aromatic N) is 4. The summed E-state index contributed by atoms with van der Waals surface area (Å²) in [6.45, 7) is 16.6. The first-order valence-electron chi connectivity index (χ1n) is 26.1. The second kappa shape index (κ2) is 18.7. The predicted octanol–water partition coefficient (Wildman–Crippen LogP) is 19.4. The topological polar surface area (TPSA) is 57.4 Å². The Morgan fingerprint density at radius 1 is 0.321 bits per heavy atom. The maximum Gasteiger partial charge on any atom is 0.417 e. The van der Waals surface area contributed by atoms with E-state index >= 15 is 13.2 Å². The van der Waals surface area contributed by atoms with Crippen LogP contribution in [0.25, 0.3) is 111 Å². The quantitative estimate of drug-likeness (QED) is 0.160. The summed E-state index contributed by atoms with van der Waals surface area (Å²) in [6.07, 6.45) is -4.83. The smallest absolute Gasteiger partial charge is 0.308 e. The Hall–Kier alpha value is -9.43. The Balaban J connectivity index is 1.27. The number of aryl methyl sites for hydroxylation is 8. The first-order chi connectivity index (χ1) is 37.4. The van der Waals surface area contributed by atoms with Crippen molar-refractivity contribution in [1.82, 2.24) is 9.13 Å². The van der Waals surface area contributed by atoms with Crippen LogP contribution in [0.4, 0.5) is 13.2 Å². The van der Waals surface area contributed by atoms with E-state index in [0.717, 1.165) is 139 Å². The van der Waals surface area contributed by atoms with Crippen LogP contribution in [0.2, 0.25) is 0 Å². The Bertz CT molecular complexity index is 4060. The van der Waals surface area contributed by atoms with Gasteiger partial charge in [-0.2, -0.15) is 23.7 Å². The summed E-state index contributed by atoms with van der Waals surface area (Å²) >= 11 is 0. The Kier molecular flexibility index (Phi) is 11.8. The zero-order valence-electron chi connectivity index (χ0n) is 44.7. The van der Waals surface area contributed by atoms with Gasteiger partial charge in [-0.3, -0.25) is 0 Å². The van der Waals surface area contributed by atoms with Gasteiger partial charge in [0.1, 0.15) is 11.6 Å². The van der Waals surface area contributed by atoms with Gasteiger partial charge in [-0.05, 0) is 160 Å². The maximum atomic E-state index is 15.7. The van der Waals surface area contributed by atoms with Gasteiger partial charge in [-0.15, -0.1) is 0 Å². The van der Waals surface area contributed by atoms with Gasteiger partial charge in [-0.1, -0.05) is 172 Å². The molecule has 0 N–H and O–H groups in total. The molecule has 12 rings (SSSR count). The fourth-order valence-corrected chi connectivity index (χ4v) is 12.2. The number of fused-ring (bicyclic) bond motifs is 6. The lowest BCUT2D eigenvalue weighted by molar-refractivity contribution is -0.137. The molecule has 0 aliphatic rings. The summed E-state index contributed by atoms with van der Waals surface area (Å²) in [6, 6.07) is 63.2. The van der Waals surface area contributed by atoms with Gasteiger partial charge in [0, 0.05) is 21.5 Å². The molecule has 0 fully saturated rings. The molecule has 0 atom stereocenters. The van der Waals surface area contributed by atoms with Crippen molar-refractivity contribution in [2.24, 2.45) is 0 Å². The van der Waals surface area contributed by atoms with Crippen molar-refractivity contribution in [1.29, 1.82) is 10.5 Å². The fraction of sp³-hybridized carbons (Fsp3) is 0.127. The lowest BCUT2D eigenvalue weighted by Crippen LogP contribution is -2.09. The third-order valence-electron chi connectivity index (χ3n) is 15.2. The third-order valence-corrected chi connectivity index (χ3v) is 15.2. The predicted molar refractivity (Wildman–Crippen MR) is 315 cm³/mol. The molecular formula is C71H53F3N4. The second-order valence-corrected chi connectivity index (χ2v) is 21.5. The normalized spacial score (nSPS) is 11.8. The lowest BCUT2D eigenvalue weighted by atomic mass is 9.94. The summed E-state index contributed by atoms with van der Waals surface area (Å²) in [5.41, 5.74) is 20.1. The number of hydrogen-bond acceptors (Lipinski definition) is 2. The van der Waals surface area contributed by atoms with Crippen LogP contribution in [-0.2, 0) is 6.18 Å². The van der Waals surface area contributed by atoms with Crippen LogP contribution >= 0.6 is 0 Å². The molecule has 0 aliphatic heterocycles. The molecule has 10 aromatic carbocycles. The highest BCUT2D eigenvalue weighted by Gasteiger charge is 2.35. The second-order valence-electron chi connectivity index (χ2n) is 21.5. The Morgan fingerprint density at radius 3 is 0.897 bits per heavy atom. The van der Waals surface area contributed by atoms with Crippen molar-refractivity contribution >= 4 is 43.6 Å². The van der Waals surface area contributed by atoms with Gasteiger partial charge in [0.05, 0.1) is 50.6 Å². The first-order valence-corrected chi connectivity index (χ1v) is 26.1. The van der Waals surface area contributed by atoms with Crippen LogP contribution in [0.15, 0.2) is 176 Å².